The number of hydrogen-bond donors (Lipinski definition) is 0. The predicted molar refractivity (Wildman–Crippen MR) is 134 cm³/mol. The Morgan fingerprint density at radius 2 is 1.86 bits per heavy atom. The number of rotatable bonds is 7. The molecule has 11 heteroatoms. The highest BCUT2D eigenvalue weighted by molar-refractivity contribution is 6.29. The summed E-state index contributed by atoms with van der Waals surface area (Å²) in [5, 5.41) is 0.375. The second-order valence-electron chi connectivity index (χ2n) is 9.35. The van der Waals surface area contributed by atoms with Crippen molar-refractivity contribution in [1.29, 1.82) is 0 Å². The molecule has 0 saturated carbocycles. The Kier molecular flexibility index (Phi) is 7.33. The van der Waals surface area contributed by atoms with Crippen LogP contribution in [0.5, 0.6) is 11.6 Å². The number of methoxy groups -OCH3 is 1. The number of nitrogens with zero attached hydrogens (tertiary/aromatic N) is 7. The average Bonchev–Trinajstić information content (AvgIpc) is 3.25. The molecule has 2 aliphatic heterocycles. The molecule has 0 atom stereocenters. The summed E-state index contributed by atoms with van der Waals surface area (Å²) in [7, 11) is 1.44. The fourth-order valence-corrected chi connectivity index (χ4v) is 5.05. The second kappa shape index (κ2) is 10.8. The molecule has 0 N–H and O–H groups in total. The lowest BCUT2D eigenvalue weighted by atomic mass is 9.93. The summed E-state index contributed by atoms with van der Waals surface area (Å²) < 4.78 is 13.0. The molecule has 0 radical (unpaired) electrons. The minimum Gasteiger partial charge on any atom is -0.469 e. The van der Waals surface area contributed by atoms with Gasteiger partial charge in [-0.15, -0.1) is 0 Å². The molecule has 2 aliphatic rings. The van der Waals surface area contributed by atoms with Crippen molar-refractivity contribution in [3.8, 4) is 11.6 Å². The molecule has 5 rings (SSSR count). The third kappa shape index (κ3) is 5.76. The average molecular weight is 512 g/mol. The van der Waals surface area contributed by atoms with Gasteiger partial charge in [-0.25, -0.2) is 19.9 Å². The first-order valence-electron chi connectivity index (χ1n) is 12.2. The van der Waals surface area contributed by atoms with Crippen LogP contribution in [-0.2, 0) is 29.2 Å². The van der Waals surface area contributed by atoms with Crippen molar-refractivity contribution in [2.45, 2.75) is 45.8 Å². The van der Waals surface area contributed by atoms with Gasteiger partial charge < -0.3 is 18.9 Å². The maximum atomic E-state index is 11.5. The highest BCUT2D eigenvalue weighted by Crippen LogP contribution is 2.26. The van der Waals surface area contributed by atoms with Crippen LogP contribution >= 0.6 is 11.6 Å². The predicted octanol–water partition coefficient (Wildman–Crippen LogP) is 3.62. The van der Waals surface area contributed by atoms with E-state index in [0.29, 0.717) is 41.6 Å². The van der Waals surface area contributed by atoms with Gasteiger partial charge in [-0.05, 0) is 50.4 Å². The number of esters is 1. The minimum atomic E-state index is -0.133. The Morgan fingerprint density at radius 1 is 1.08 bits per heavy atom. The van der Waals surface area contributed by atoms with Gasteiger partial charge in [0.1, 0.15) is 11.0 Å². The van der Waals surface area contributed by atoms with Crippen molar-refractivity contribution < 1.29 is 14.3 Å². The van der Waals surface area contributed by atoms with Gasteiger partial charge in [0.2, 0.25) is 11.8 Å². The van der Waals surface area contributed by atoms with Crippen molar-refractivity contribution in [2.24, 2.45) is 5.92 Å². The highest BCUT2D eigenvalue weighted by atomic mass is 35.5. The number of ether oxygens (including phenoxy) is 2. The summed E-state index contributed by atoms with van der Waals surface area (Å²) in [5.41, 5.74) is 2.19. The lowest BCUT2D eigenvalue weighted by Gasteiger charge is -2.31. The first kappa shape index (κ1) is 24.5. The van der Waals surface area contributed by atoms with Gasteiger partial charge in [-0.3, -0.25) is 9.69 Å². The van der Waals surface area contributed by atoms with E-state index in [2.05, 4.69) is 41.2 Å². The van der Waals surface area contributed by atoms with Gasteiger partial charge >= 0.3 is 5.97 Å². The van der Waals surface area contributed by atoms with Crippen LogP contribution in [0.4, 0.5) is 5.95 Å². The van der Waals surface area contributed by atoms with Crippen LogP contribution in [0.25, 0.3) is 0 Å². The molecule has 3 aromatic heterocycles. The van der Waals surface area contributed by atoms with E-state index in [4.69, 9.17) is 21.1 Å². The summed E-state index contributed by atoms with van der Waals surface area (Å²) in [5.74, 6) is 2.82. The zero-order valence-electron chi connectivity index (χ0n) is 20.6. The first-order valence-corrected chi connectivity index (χ1v) is 12.6. The third-order valence-corrected chi connectivity index (χ3v) is 7.00. The molecule has 5 heterocycles. The number of fused-ring (bicyclic) bond motifs is 1. The monoisotopic (exact) mass is 511 g/mol. The molecular formula is C25H30ClN7O3. The molecule has 1 fully saturated rings. The molecule has 3 aromatic rings. The van der Waals surface area contributed by atoms with Crippen molar-refractivity contribution in [2.75, 3.05) is 31.6 Å². The molecule has 0 unspecified atom stereocenters. The zero-order valence-corrected chi connectivity index (χ0v) is 21.3. The maximum absolute atomic E-state index is 11.5. The number of hydrogen-bond acceptors (Lipinski definition) is 9. The Balaban J connectivity index is 1.18. The van der Waals surface area contributed by atoms with E-state index in [1.807, 2.05) is 18.3 Å². The molecule has 0 aliphatic carbocycles. The number of piperidine rings is 1. The number of pyridine rings is 1. The van der Waals surface area contributed by atoms with E-state index in [9.17, 15) is 4.79 Å². The first-order chi connectivity index (χ1) is 17.5. The van der Waals surface area contributed by atoms with Crippen LogP contribution in [0.2, 0.25) is 5.15 Å². The molecule has 0 aromatic carbocycles. The molecule has 1 saturated heterocycles. The topological polar surface area (TPSA) is 98.5 Å². The van der Waals surface area contributed by atoms with Crippen LogP contribution in [0.1, 0.15) is 36.3 Å². The van der Waals surface area contributed by atoms with Gasteiger partial charge in [-0.1, -0.05) is 11.6 Å². The Bertz CT molecular complexity index is 1210. The van der Waals surface area contributed by atoms with E-state index in [1.54, 1.807) is 12.4 Å². The highest BCUT2D eigenvalue weighted by Gasteiger charge is 2.23. The number of likely N-dealkylation sites (tertiary alicyclic amines) is 1. The van der Waals surface area contributed by atoms with Crippen LogP contribution in [0.3, 0.4) is 0 Å². The molecular weight excluding hydrogens is 482 g/mol. The van der Waals surface area contributed by atoms with Crippen molar-refractivity contribution >= 4 is 23.5 Å². The molecule has 0 amide bonds. The normalized spacial score (nSPS) is 16.6. The Hall–Kier alpha value is -3.24. The summed E-state index contributed by atoms with van der Waals surface area (Å²) in [6.07, 6.45) is 7.65. The minimum absolute atomic E-state index is 0.133. The molecule has 36 heavy (non-hydrogen) atoms. The quantitative estimate of drug-likeness (QED) is 0.348. The summed E-state index contributed by atoms with van der Waals surface area (Å²) >= 11 is 6.29. The fraction of sp³-hybridized carbons (Fsp3) is 0.480. The van der Waals surface area contributed by atoms with E-state index in [1.165, 1.54) is 12.8 Å². The zero-order chi connectivity index (χ0) is 25.1. The number of halogens is 1. The van der Waals surface area contributed by atoms with Crippen molar-refractivity contribution in [1.82, 2.24) is 29.4 Å². The molecule has 10 nitrogen and oxygen atoms in total. The smallest absolute Gasteiger partial charge is 0.305 e. The Morgan fingerprint density at radius 3 is 2.61 bits per heavy atom. The molecule has 0 bridgehead atoms. The number of aromatic nitrogens is 5. The Labute approximate surface area is 215 Å². The third-order valence-electron chi connectivity index (χ3n) is 6.81. The number of carbonyl (C=O) groups is 1. The van der Waals surface area contributed by atoms with Gasteiger partial charge in [0.05, 0.1) is 26.0 Å². The summed E-state index contributed by atoms with van der Waals surface area (Å²) in [6, 6.07) is 3.75. The summed E-state index contributed by atoms with van der Waals surface area (Å²) in [4.78, 5) is 33.8. The number of carbonyl (C=O) groups excluding carboxylic acids is 1. The van der Waals surface area contributed by atoms with E-state index in [-0.39, 0.29) is 5.97 Å². The SMILES string of the molecule is COC(=O)CC1CCN(Cc2cc(Cl)nc(Oc3cnc(N4CCn5c(C)cnc5C4)nc3)c2)CC1. The molecule has 190 valence electrons. The largest absolute Gasteiger partial charge is 0.469 e. The summed E-state index contributed by atoms with van der Waals surface area (Å²) in [6.45, 7) is 7.01. The van der Waals surface area contributed by atoms with E-state index < -0.39 is 0 Å². The van der Waals surface area contributed by atoms with E-state index >= 15 is 0 Å². The van der Waals surface area contributed by atoms with Crippen molar-refractivity contribution in [3.05, 3.63) is 53.0 Å². The number of anilines is 1. The standard InChI is InChI=1S/C25H30ClN7O3/c1-17-12-27-22-16-32(7-8-33(17)22)25-28-13-20(14-29-25)36-23-10-19(9-21(26)30-23)15-31-5-3-18(4-6-31)11-24(34)35-2/h9-10,12-14,18H,3-8,11,15-16H2,1-2H3. The lowest BCUT2D eigenvalue weighted by Crippen LogP contribution is -2.35. The van der Waals surface area contributed by atoms with Gasteiger partial charge in [0.25, 0.3) is 0 Å². The van der Waals surface area contributed by atoms with E-state index in [0.717, 1.165) is 57.0 Å². The van der Waals surface area contributed by atoms with Crippen LogP contribution in [0.15, 0.2) is 30.7 Å². The van der Waals surface area contributed by atoms with Gasteiger partial charge in [0, 0.05) is 44.0 Å². The maximum Gasteiger partial charge on any atom is 0.305 e. The van der Waals surface area contributed by atoms with Crippen LogP contribution in [-0.4, -0.2) is 62.1 Å². The number of imidazole rings is 1. The fourth-order valence-electron chi connectivity index (χ4n) is 4.82. The van der Waals surface area contributed by atoms with Gasteiger partial charge in [-0.2, -0.15) is 0 Å². The van der Waals surface area contributed by atoms with Gasteiger partial charge in [0.15, 0.2) is 5.75 Å². The van der Waals surface area contributed by atoms with Crippen LogP contribution < -0.4 is 9.64 Å². The van der Waals surface area contributed by atoms with Crippen molar-refractivity contribution in [3.63, 3.8) is 0 Å². The number of aryl methyl sites for hydroxylation is 1. The molecule has 0 spiro atoms. The lowest BCUT2D eigenvalue weighted by molar-refractivity contribution is -0.142. The van der Waals surface area contributed by atoms with Crippen LogP contribution in [0, 0.1) is 12.8 Å². The second-order valence-corrected chi connectivity index (χ2v) is 9.73.